The number of benzene rings is 3. The number of ether oxygens (including phenoxy) is 3. The summed E-state index contributed by atoms with van der Waals surface area (Å²) in [4.78, 5) is 24.5. The molecular formula is C25H23Cl2N3O5. The SMILES string of the molecule is COc1ccc(C(=O)N/N=C/c2cc(Cl)c(OCC(=O)Nc3cccc(C)c3)c(Cl)c2)cc1OC. The van der Waals surface area contributed by atoms with Gasteiger partial charge in [0.15, 0.2) is 23.9 Å². The third-order valence-corrected chi connectivity index (χ3v) is 5.26. The molecular weight excluding hydrogens is 493 g/mol. The van der Waals surface area contributed by atoms with Crippen LogP contribution in [-0.2, 0) is 4.79 Å². The van der Waals surface area contributed by atoms with Crippen molar-refractivity contribution in [3.63, 3.8) is 0 Å². The van der Waals surface area contributed by atoms with Crippen molar-refractivity contribution >= 4 is 46.9 Å². The molecule has 182 valence electrons. The largest absolute Gasteiger partial charge is 0.493 e. The quantitative estimate of drug-likeness (QED) is 0.305. The predicted octanol–water partition coefficient (Wildman–Crippen LogP) is 5.10. The van der Waals surface area contributed by atoms with Gasteiger partial charge >= 0.3 is 0 Å². The molecule has 2 amide bonds. The Morgan fingerprint density at radius 2 is 1.69 bits per heavy atom. The molecule has 0 unspecified atom stereocenters. The monoisotopic (exact) mass is 515 g/mol. The molecule has 0 spiro atoms. The summed E-state index contributed by atoms with van der Waals surface area (Å²) >= 11 is 12.6. The fourth-order valence-electron chi connectivity index (χ4n) is 3.06. The molecule has 3 aromatic rings. The maximum atomic E-state index is 12.4. The lowest BCUT2D eigenvalue weighted by atomic mass is 10.2. The van der Waals surface area contributed by atoms with Gasteiger partial charge in [0.05, 0.1) is 30.5 Å². The molecule has 0 aliphatic carbocycles. The fourth-order valence-corrected chi connectivity index (χ4v) is 3.67. The van der Waals surface area contributed by atoms with Gasteiger partial charge in [-0.2, -0.15) is 5.10 Å². The smallest absolute Gasteiger partial charge is 0.271 e. The van der Waals surface area contributed by atoms with Gasteiger partial charge in [-0.1, -0.05) is 35.3 Å². The van der Waals surface area contributed by atoms with E-state index in [4.69, 9.17) is 37.4 Å². The maximum Gasteiger partial charge on any atom is 0.271 e. The normalized spacial score (nSPS) is 10.7. The number of methoxy groups -OCH3 is 2. The summed E-state index contributed by atoms with van der Waals surface area (Å²) in [6.45, 7) is 1.65. The lowest BCUT2D eigenvalue weighted by Crippen LogP contribution is -2.20. The van der Waals surface area contributed by atoms with Gasteiger partial charge in [0, 0.05) is 11.3 Å². The van der Waals surface area contributed by atoms with Gasteiger partial charge in [-0.15, -0.1) is 0 Å². The molecule has 0 saturated heterocycles. The van der Waals surface area contributed by atoms with E-state index in [1.165, 1.54) is 20.4 Å². The highest BCUT2D eigenvalue weighted by molar-refractivity contribution is 6.37. The van der Waals surface area contributed by atoms with Crippen LogP contribution in [0.4, 0.5) is 5.69 Å². The number of hydrogen-bond acceptors (Lipinski definition) is 6. The Morgan fingerprint density at radius 1 is 0.971 bits per heavy atom. The van der Waals surface area contributed by atoms with E-state index >= 15 is 0 Å². The fraction of sp³-hybridized carbons (Fsp3) is 0.160. The first kappa shape index (κ1) is 25.9. The van der Waals surface area contributed by atoms with Crippen molar-refractivity contribution in [2.45, 2.75) is 6.92 Å². The summed E-state index contributed by atoms with van der Waals surface area (Å²) in [5, 5.41) is 7.06. The van der Waals surface area contributed by atoms with Gasteiger partial charge < -0.3 is 19.5 Å². The van der Waals surface area contributed by atoms with Crippen molar-refractivity contribution in [2.24, 2.45) is 5.10 Å². The summed E-state index contributed by atoms with van der Waals surface area (Å²) in [5.41, 5.74) is 4.96. The van der Waals surface area contributed by atoms with Gasteiger partial charge in [-0.05, 0) is 60.5 Å². The van der Waals surface area contributed by atoms with Gasteiger partial charge in [-0.25, -0.2) is 5.43 Å². The van der Waals surface area contributed by atoms with Crippen LogP contribution < -0.4 is 25.0 Å². The third kappa shape index (κ3) is 7.11. The van der Waals surface area contributed by atoms with Crippen molar-refractivity contribution in [3.05, 3.63) is 81.3 Å². The Hall–Kier alpha value is -3.75. The van der Waals surface area contributed by atoms with Crippen LogP contribution in [0.1, 0.15) is 21.5 Å². The number of amides is 2. The van der Waals surface area contributed by atoms with Crippen molar-refractivity contribution in [2.75, 3.05) is 26.1 Å². The lowest BCUT2D eigenvalue weighted by Gasteiger charge is -2.11. The summed E-state index contributed by atoms with van der Waals surface area (Å²) in [6, 6.07) is 15.2. The van der Waals surface area contributed by atoms with E-state index in [1.54, 1.807) is 36.4 Å². The van der Waals surface area contributed by atoms with Crippen LogP contribution in [0.25, 0.3) is 0 Å². The van der Waals surface area contributed by atoms with Gasteiger partial charge in [0.2, 0.25) is 0 Å². The molecule has 10 heteroatoms. The van der Waals surface area contributed by atoms with E-state index < -0.39 is 5.91 Å². The van der Waals surface area contributed by atoms with Crippen molar-refractivity contribution in [1.82, 2.24) is 5.43 Å². The molecule has 8 nitrogen and oxygen atoms in total. The molecule has 0 aliphatic heterocycles. The van der Waals surface area contributed by atoms with E-state index in [-0.39, 0.29) is 28.3 Å². The summed E-state index contributed by atoms with van der Waals surface area (Å²) in [5.74, 6) is 0.294. The second-order valence-electron chi connectivity index (χ2n) is 7.29. The number of nitrogens with one attached hydrogen (secondary N) is 2. The molecule has 35 heavy (non-hydrogen) atoms. The number of carbonyl (C=O) groups is 2. The van der Waals surface area contributed by atoms with Gasteiger partial charge in [0.1, 0.15) is 0 Å². The molecule has 0 heterocycles. The molecule has 3 aromatic carbocycles. The number of carbonyl (C=O) groups excluding carboxylic acids is 2. The maximum absolute atomic E-state index is 12.4. The van der Waals surface area contributed by atoms with Crippen LogP contribution in [0.2, 0.25) is 10.0 Å². The number of aryl methyl sites for hydroxylation is 1. The summed E-state index contributed by atoms with van der Waals surface area (Å²) in [7, 11) is 2.99. The minimum absolute atomic E-state index is 0.166. The number of rotatable bonds is 9. The number of anilines is 1. The Bertz CT molecular complexity index is 1240. The second-order valence-corrected chi connectivity index (χ2v) is 8.10. The van der Waals surface area contributed by atoms with Crippen LogP contribution in [0.15, 0.2) is 59.7 Å². The third-order valence-electron chi connectivity index (χ3n) is 4.70. The van der Waals surface area contributed by atoms with Gasteiger partial charge in [0.25, 0.3) is 11.8 Å². The highest BCUT2D eigenvalue weighted by Gasteiger charge is 2.13. The van der Waals surface area contributed by atoms with E-state index in [0.717, 1.165) is 5.56 Å². The van der Waals surface area contributed by atoms with E-state index in [1.807, 2.05) is 25.1 Å². The number of nitrogens with zero attached hydrogens (tertiary/aromatic N) is 1. The first-order valence-corrected chi connectivity index (χ1v) is 11.1. The molecule has 2 N–H and O–H groups in total. The summed E-state index contributed by atoms with van der Waals surface area (Å²) < 4.78 is 15.9. The predicted molar refractivity (Wildman–Crippen MR) is 136 cm³/mol. The minimum Gasteiger partial charge on any atom is -0.493 e. The van der Waals surface area contributed by atoms with Crippen molar-refractivity contribution in [1.29, 1.82) is 0 Å². The molecule has 0 radical (unpaired) electrons. The Kier molecular flexibility index (Phi) is 8.94. The number of hydrogen-bond donors (Lipinski definition) is 2. The highest BCUT2D eigenvalue weighted by atomic mass is 35.5. The average Bonchev–Trinajstić information content (AvgIpc) is 2.83. The lowest BCUT2D eigenvalue weighted by molar-refractivity contribution is -0.118. The molecule has 0 atom stereocenters. The van der Waals surface area contributed by atoms with Crippen molar-refractivity contribution < 1.29 is 23.8 Å². The Morgan fingerprint density at radius 3 is 2.34 bits per heavy atom. The van der Waals surface area contributed by atoms with E-state index in [0.29, 0.717) is 28.3 Å². The molecule has 0 saturated carbocycles. The molecule has 0 bridgehead atoms. The zero-order valence-corrected chi connectivity index (χ0v) is 20.7. The molecule has 0 aliphatic rings. The van der Waals surface area contributed by atoms with Gasteiger partial charge in [-0.3, -0.25) is 9.59 Å². The van der Waals surface area contributed by atoms with Crippen LogP contribution in [0.3, 0.4) is 0 Å². The molecule has 3 rings (SSSR count). The zero-order valence-electron chi connectivity index (χ0n) is 19.2. The number of hydrazone groups is 1. The van der Waals surface area contributed by atoms with Crippen LogP contribution in [0.5, 0.6) is 17.2 Å². The first-order chi connectivity index (χ1) is 16.8. The molecule has 0 fully saturated rings. The van der Waals surface area contributed by atoms with Crippen LogP contribution in [-0.4, -0.2) is 38.9 Å². The van der Waals surface area contributed by atoms with Crippen LogP contribution in [0, 0.1) is 6.92 Å². The van der Waals surface area contributed by atoms with Crippen LogP contribution >= 0.6 is 23.2 Å². The van der Waals surface area contributed by atoms with Crippen molar-refractivity contribution in [3.8, 4) is 17.2 Å². The average molecular weight is 516 g/mol. The Balaban J connectivity index is 1.59. The van der Waals surface area contributed by atoms with E-state index in [9.17, 15) is 9.59 Å². The Labute approximate surface area is 212 Å². The minimum atomic E-state index is -0.445. The first-order valence-electron chi connectivity index (χ1n) is 10.3. The molecule has 0 aromatic heterocycles. The standard InChI is InChI=1S/C25H23Cl2N3O5/c1-15-5-4-6-18(9-15)29-23(31)14-35-24-19(26)10-16(11-20(24)27)13-28-30-25(32)17-7-8-21(33-2)22(12-17)34-3/h4-13H,14H2,1-3H3,(H,29,31)(H,30,32)/b28-13+. The number of halogens is 2. The highest BCUT2D eigenvalue weighted by Crippen LogP contribution is 2.34. The van der Waals surface area contributed by atoms with E-state index in [2.05, 4.69) is 15.8 Å². The zero-order chi connectivity index (χ0) is 25.4. The topological polar surface area (TPSA) is 98.3 Å². The summed E-state index contributed by atoms with van der Waals surface area (Å²) in [6.07, 6.45) is 1.38. The second kappa shape index (κ2) is 12.1.